The molecule has 0 unspecified atom stereocenters. The first-order valence-electron chi connectivity index (χ1n) is 6.28. The maximum absolute atomic E-state index is 4.45. The molecule has 0 aromatic carbocycles. The maximum Gasteiger partial charge on any atom is 0.255 e. The van der Waals surface area contributed by atoms with Crippen molar-refractivity contribution in [2.24, 2.45) is 0 Å². The molecule has 0 aliphatic heterocycles. The smallest absolute Gasteiger partial charge is 0.255 e. The van der Waals surface area contributed by atoms with Crippen LogP contribution in [0.2, 0.25) is 0 Å². The zero-order valence-electron chi connectivity index (χ0n) is 11.2. The Balaban J connectivity index is 2.14. The Bertz CT molecular complexity index is 700. The fraction of sp³-hybridized carbons (Fsp3) is 0.250. The standard InChI is InChI=1S/C12H14N8/c1-3-19-9(5-7-15-19)10-16-11(13-2)18-12(17-10)20-8-4-6-14-20/h4-8H,3H2,1-2H3,(H,13,16,17,18). The molecule has 20 heavy (non-hydrogen) atoms. The molecule has 8 heteroatoms. The number of nitrogens with zero attached hydrogens (tertiary/aromatic N) is 7. The van der Waals surface area contributed by atoms with Crippen LogP contribution in [0.25, 0.3) is 17.5 Å². The SMILES string of the molecule is CCn1nccc1-c1nc(NC)nc(-n2cccn2)n1. The summed E-state index contributed by atoms with van der Waals surface area (Å²) in [4.78, 5) is 13.1. The molecule has 0 fully saturated rings. The van der Waals surface area contributed by atoms with Crippen molar-refractivity contribution in [1.29, 1.82) is 0 Å². The van der Waals surface area contributed by atoms with E-state index in [1.165, 1.54) is 0 Å². The van der Waals surface area contributed by atoms with Gasteiger partial charge in [0.2, 0.25) is 5.95 Å². The van der Waals surface area contributed by atoms with Crippen molar-refractivity contribution in [3.8, 4) is 17.5 Å². The molecule has 0 bridgehead atoms. The highest BCUT2D eigenvalue weighted by molar-refractivity contribution is 5.52. The van der Waals surface area contributed by atoms with Gasteiger partial charge in [-0.1, -0.05) is 0 Å². The number of aromatic nitrogens is 7. The Morgan fingerprint density at radius 1 is 1.15 bits per heavy atom. The van der Waals surface area contributed by atoms with Gasteiger partial charge in [0.25, 0.3) is 5.95 Å². The molecule has 3 aromatic heterocycles. The molecule has 3 heterocycles. The maximum atomic E-state index is 4.45. The lowest BCUT2D eigenvalue weighted by atomic mass is 10.4. The molecule has 0 saturated heterocycles. The van der Waals surface area contributed by atoms with Crippen LogP contribution in [0.3, 0.4) is 0 Å². The van der Waals surface area contributed by atoms with Crippen LogP contribution in [-0.4, -0.2) is 41.6 Å². The summed E-state index contributed by atoms with van der Waals surface area (Å²) < 4.78 is 3.43. The monoisotopic (exact) mass is 270 g/mol. The Kier molecular flexibility index (Phi) is 3.12. The fourth-order valence-corrected chi connectivity index (χ4v) is 1.86. The average Bonchev–Trinajstić information content (AvgIpc) is 3.17. The molecule has 3 aromatic rings. The highest BCUT2D eigenvalue weighted by atomic mass is 15.4. The summed E-state index contributed by atoms with van der Waals surface area (Å²) in [6.45, 7) is 2.77. The quantitative estimate of drug-likeness (QED) is 0.760. The van der Waals surface area contributed by atoms with E-state index in [9.17, 15) is 0 Å². The molecule has 0 aliphatic rings. The van der Waals surface area contributed by atoms with Crippen LogP contribution in [0.5, 0.6) is 0 Å². The Hall–Kier alpha value is -2.77. The van der Waals surface area contributed by atoms with E-state index in [4.69, 9.17) is 0 Å². The highest BCUT2D eigenvalue weighted by Gasteiger charge is 2.12. The van der Waals surface area contributed by atoms with E-state index in [2.05, 4.69) is 30.5 Å². The molecule has 0 amide bonds. The molecule has 8 nitrogen and oxygen atoms in total. The van der Waals surface area contributed by atoms with Crippen molar-refractivity contribution in [3.63, 3.8) is 0 Å². The zero-order chi connectivity index (χ0) is 13.9. The largest absolute Gasteiger partial charge is 0.357 e. The van der Waals surface area contributed by atoms with E-state index >= 15 is 0 Å². The summed E-state index contributed by atoms with van der Waals surface area (Å²) in [7, 11) is 1.77. The first-order valence-corrected chi connectivity index (χ1v) is 6.28. The Morgan fingerprint density at radius 3 is 2.75 bits per heavy atom. The van der Waals surface area contributed by atoms with Gasteiger partial charge in [-0.15, -0.1) is 0 Å². The third-order valence-corrected chi connectivity index (χ3v) is 2.80. The van der Waals surface area contributed by atoms with Crippen LogP contribution in [0.4, 0.5) is 5.95 Å². The predicted molar refractivity (Wildman–Crippen MR) is 73.4 cm³/mol. The predicted octanol–water partition coefficient (Wildman–Crippen LogP) is 0.982. The van der Waals surface area contributed by atoms with Gasteiger partial charge in [0, 0.05) is 32.2 Å². The van der Waals surface area contributed by atoms with E-state index in [0.29, 0.717) is 17.7 Å². The van der Waals surface area contributed by atoms with Gasteiger partial charge < -0.3 is 5.32 Å². The lowest BCUT2D eigenvalue weighted by molar-refractivity contribution is 0.662. The molecule has 3 rings (SSSR count). The molecule has 0 radical (unpaired) electrons. The van der Waals surface area contributed by atoms with Crippen molar-refractivity contribution in [2.75, 3.05) is 12.4 Å². The average molecular weight is 270 g/mol. The third-order valence-electron chi connectivity index (χ3n) is 2.80. The second-order valence-electron chi connectivity index (χ2n) is 4.02. The first kappa shape index (κ1) is 12.3. The van der Waals surface area contributed by atoms with Crippen molar-refractivity contribution in [3.05, 3.63) is 30.7 Å². The Labute approximate surface area is 115 Å². The van der Waals surface area contributed by atoms with Gasteiger partial charge in [0.15, 0.2) is 5.82 Å². The normalized spacial score (nSPS) is 10.7. The van der Waals surface area contributed by atoms with Crippen molar-refractivity contribution in [2.45, 2.75) is 13.5 Å². The van der Waals surface area contributed by atoms with E-state index in [0.717, 1.165) is 12.2 Å². The second kappa shape index (κ2) is 5.08. The van der Waals surface area contributed by atoms with E-state index in [-0.39, 0.29) is 0 Å². The Morgan fingerprint density at radius 2 is 2.05 bits per heavy atom. The molecule has 0 aliphatic carbocycles. The first-order chi connectivity index (χ1) is 9.81. The molecule has 0 saturated carbocycles. The van der Waals surface area contributed by atoms with Crippen LogP contribution in [0.15, 0.2) is 30.7 Å². The number of hydrogen-bond acceptors (Lipinski definition) is 6. The van der Waals surface area contributed by atoms with Crippen molar-refractivity contribution in [1.82, 2.24) is 34.5 Å². The molecule has 102 valence electrons. The van der Waals surface area contributed by atoms with Gasteiger partial charge in [0.05, 0.1) is 0 Å². The summed E-state index contributed by atoms with van der Waals surface area (Å²) in [6.07, 6.45) is 5.20. The molecule has 1 N–H and O–H groups in total. The summed E-state index contributed by atoms with van der Waals surface area (Å²) >= 11 is 0. The van der Waals surface area contributed by atoms with Gasteiger partial charge in [-0.2, -0.15) is 25.1 Å². The van der Waals surface area contributed by atoms with Crippen molar-refractivity contribution < 1.29 is 0 Å². The number of aryl methyl sites for hydroxylation is 1. The minimum atomic E-state index is 0.466. The van der Waals surface area contributed by atoms with Gasteiger partial charge in [-0.25, -0.2) is 4.68 Å². The van der Waals surface area contributed by atoms with Gasteiger partial charge in [-0.05, 0) is 19.1 Å². The number of hydrogen-bond donors (Lipinski definition) is 1. The second-order valence-corrected chi connectivity index (χ2v) is 4.02. The van der Waals surface area contributed by atoms with E-state index in [1.54, 1.807) is 30.3 Å². The minimum Gasteiger partial charge on any atom is -0.357 e. The molecule has 0 atom stereocenters. The van der Waals surface area contributed by atoms with Crippen LogP contribution >= 0.6 is 0 Å². The summed E-state index contributed by atoms with van der Waals surface area (Å²) in [5.41, 5.74) is 0.847. The summed E-state index contributed by atoms with van der Waals surface area (Å²) in [5, 5.41) is 11.3. The molecular weight excluding hydrogens is 256 g/mol. The number of nitrogens with one attached hydrogen (secondary N) is 1. The lowest BCUT2D eigenvalue weighted by Crippen LogP contribution is -2.10. The molecular formula is C12H14N8. The van der Waals surface area contributed by atoms with Crippen molar-refractivity contribution >= 4 is 5.95 Å². The zero-order valence-corrected chi connectivity index (χ0v) is 11.2. The minimum absolute atomic E-state index is 0.466. The fourth-order valence-electron chi connectivity index (χ4n) is 1.86. The lowest BCUT2D eigenvalue weighted by Gasteiger charge is -2.07. The number of rotatable bonds is 4. The van der Waals surface area contributed by atoms with Crippen LogP contribution in [-0.2, 0) is 6.54 Å². The van der Waals surface area contributed by atoms with Crippen LogP contribution in [0.1, 0.15) is 6.92 Å². The van der Waals surface area contributed by atoms with Crippen LogP contribution < -0.4 is 5.32 Å². The number of anilines is 1. The highest BCUT2D eigenvalue weighted by Crippen LogP contribution is 2.16. The van der Waals surface area contributed by atoms with E-state index < -0.39 is 0 Å². The van der Waals surface area contributed by atoms with Gasteiger partial charge >= 0.3 is 0 Å². The van der Waals surface area contributed by atoms with Crippen LogP contribution in [0, 0.1) is 0 Å². The van der Waals surface area contributed by atoms with E-state index in [1.807, 2.05) is 23.7 Å². The summed E-state index contributed by atoms with van der Waals surface area (Å²) in [6, 6.07) is 3.70. The third kappa shape index (κ3) is 2.11. The van der Waals surface area contributed by atoms with Gasteiger partial charge in [-0.3, -0.25) is 4.68 Å². The summed E-state index contributed by atoms with van der Waals surface area (Å²) in [5.74, 6) is 1.52. The van der Waals surface area contributed by atoms with Gasteiger partial charge in [0.1, 0.15) is 5.69 Å². The molecule has 0 spiro atoms. The topological polar surface area (TPSA) is 86.3 Å².